The summed E-state index contributed by atoms with van der Waals surface area (Å²) < 4.78 is 0. The molecule has 22 heavy (non-hydrogen) atoms. The zero-order chi connectivity index (χ0) is 16.3. The Morgan fingerprint density at radius 3 is 2.36 bits per heavy atom. The van der Waals surface area contributed by atoms with Crippen molar-refractivity contribution >= 4 is 29.1 Å². The van der Waals surface area contributed by atoms with E-state index >= 15 is 0 Å². The van der Waals surface area contributed by atoms with E-state index in [1.165, 1.54) is 0 Å². The van der Waals surface area contributed by atoms with E-state index in [4.69, 9.17) is 11.6 Å². The van der Waals surface area contributed by atoms with Crippen molar-refractivity contribution in [3.63, 3.8) is 0 Å². The van der Waals surface area contributed by atoms with Gasteiger partial charge >= 0.3 is 0 Å². The molecule has 1 aromatic carbocycles. The fourth-order valence-corrected chi connectivity index (χ4v) is 1.93. The number of halogens is 1. The number of benzene rings is 1. The van der Waals surface area contributed by atoms with Gasteiger partial charge < -0.3 is 10.6 Å². The highest BCUT2D eigenvalue weighted by molar-refractivity contribution is 6.30. The smallest absolute Gasteiger partial charge is 0.270 e. The zero-order valence-corrected chi connectivity index (χ0v) is 13.8. The van der Waals surface area contributed by atoms with E-state index in [1.54, 1.807) is 18.2 Å². The van der Waals surface area contributed by atoms with Crippen molar-refractivity contribution in [3.05, 3.63) is 46.7 Å². The summed E-state index contributed by atoms with van der Waals surface area (Å²) in [6.07, 6.45) is 0. The van der Waals surface area contributed by atoms with Crippen LogP contribution in [-0.2, 0) is 0 Å². The first-order chi connectivity index (χ1) is 10.2. The number of hydrogen-bond acceptors (Lipinski definition) is 4. The molecule has 0 fully saturated rings. The average Bonchev–Trinajstić information content (AvgIpc) is 2.39. The van der Waals surface area contributed by atoms with Crippen molar-refractivity contribution in [2.75, 3.05) is 5.32 Å². The largest absolute Gasteiger partial charge is 0.346 e. The first-order valence-electron chi connectivity index (χ1n) is 6.94. The van der Waals surface area contributed by atoms with Crippen molar-refractivity contribution < 1.29 is 4.79 Å². The summed E-state index contributed by atoms with van der Waals surface area (Å²) in [7, 11) is 0. The highest BCUT2D eigenvalue weighted by Crippen LogP contribution is 2.17. The lowest BCUT2D eigenvalue weighted by molar-refractivity contribution is 0.0914. The summed E-state index contributed by atoms with van der Waals surface area (Å²) in [4.78, 5) is 20.8. The topological polar surface area (TPSA) is 66.9 Å². The van der Waals surface area contributed by atoms with Gasteiger partial charge in [-0.15, -0.1) is 0 Å². The van der Waals surface area contributed by atoms with Crippen molar-refractivity contribution in [3.8, 4) is 0 Å². The van der Waals surface area contributed by atoms with E-state index in [1.807, 2.05) is 39.8 Å². The van der Waals surface area contributed by atoms with Crippen LogP contribution in [0.3, 0.4) is 0 Å². The average molecular weight is 319 g/mol. The Hall–Kier alpha value is -2.14. The van der Waals surface area contributed by atoms with Crippen LogP contribution in [-0.4, -0.2) is 21.4 Å². The number of aromatic nitrogens is 2. The molecule has 0 aliphatic heterocycles. The summed E-state index contributed by atoms with van der Waals surface area (Å²) in [5.74, 6) is 0.151. The molecule has 0 radical (unpaired) electrons. The normalized spacial score (nSPS) is 11.1. The number of carbonyl (C=O) groups is 1. The fraction of sp³-hybridized carbons (Fsp3) is 0.312. The Labute approximate surface area is 135 Å². The Kier molecular flexibility index (Phi) is 4.66. The van der Waals surface area contributed by atoms with Gasteiger partial charge in [-0.25, -0.2) is 9.97 Å². The minimum absolute atomic E-state index is 0.225. The molecule has 1 aromatic heterocycles. The third kappa shape index (κ3) is 4.70. The molecule has 0 atom stereocenters. The molecule has 0 bridgehead atoms. The predicted molar refractivity (Wildman–Crippen MR) is 88.7 cm³/mol. The Balaban J connectivity index is 2.23. The first-order valence-corrected chi connectivity index (χ1v) is 7.31. The molecule has 0 aliphatic carbocycles. The number of nitrogens with one attached hydrogen (secondary N) is 2. The summed E-state index contributed by atoms with van der Waals surface area (Å²) in [5, 5.41) is 6.61. The lowest BCUT2D eigenvalue weighted by Gasteiger charge is -2.20. The monoisotopic (exact) mass is 318 g/mol. The van der Waals surface area contributed by atoms with Gasteiger partial charge in [-0.2, -0.15) is 0 Å². The van der Waals surface area contributed by atoms with Gasteiger partial charge in [0, 0.05) is 21.9 Å². The van der Waals surface area contributed by atoms with Crippen LogP contribution >= 0.6 is 11.6 Å². The maximum Gasteiger partial charge on any atom is 0.270 e. The number of aryl methyl sites for hydroxylation is 1. The van der Waals surface area contributed by atoms with Crippen molar-refractivity contribution in [1.29, 1.82) is 0 Å². The van der Waals surface area contributed by atoms with Crippen LogP contribution in [0.25, 0.3) is 0 Å². The second-order valence-corrected chi connectivity index (χ2v) is 6.49. The van der Waals surface area contributed by atoms with E-state index in [0.717, 1.165) is 5.69 Å². The molecule has 0 saturated carbocycles. The summed E-state index contributed by atoms with van der Waals surface area (Å²) in [5.41, 5.74) is 1.53. The molecule has 0 saturated heterocycles. The molecular formula is C16H19ClN4O. The van der Waals surface area contributed by atoms with Crippen LogP contribution in [0.15, 0.2) is 30.3 Å². The number of carbonyl (C=O) groups excluding carboxylic acids is 1. The minimum atomic E-state index is -0.320. The number of hydrogen-bond donors (Lipinski definition) is 2. The summed E-state index contributed by atoms with van der Waals surface area (Å²) >= 11 is 5.86. The SMILES string of the molecule is Cc1cc(C(=O)NC(C)(C)C)nc(Nc2ccc(Cl)cc2)n1. The maximum atomic E-state index is 12.2. The first kappa shape index (κ1) is 16.2. The quantitative estimate of drug-likeness (QED) is 0.905. The van der Waals surface area contributed by atoms with Gasteiger partial charge in [-0.1, -0.05) is 11.6 Å². The van der Waals surface area contributed by atoms with Gasteiger partial charge in [0.05, 0.1) is 0 Å². The van der Waals surface area contributed by atoms with E-state index in [9.17, 15) is 4.79 Å². The maximum absolute atomic E-state index is 12.2. The highest BCUT2D eigenvalue weighted by atomic mass is 35.5. The molecule has 6 heteroatoms. The van der Waals surface area contributed by atoms with Crippen LogP contribution in [0.4, 0.5) is 11.6 Å². The minimum Gasteiger partial charge on any atom is -0.346 e. The molecule has 0 unspecified atom stereocenters. The lowest BCUT2D eigenvalue weighted by atomic mass is 10.1. The van der Waals surface area contributed by atoms with Gasteiger partial charge in [0.1, 0.15) is 5.69 Å². The molecule has 5 nitrogen and oxygen atoms in total. The second kappa shape index (κ2) is 6.32. The second-order valence-electron chi connectivity index (χ2n) is 6.05. The van der Waals surface area contributed by atoms with E-state index in [0.29, 0.717) is 22.4 Å². The molecule has 2 N–H and O–H groups in total. The van der Waals surface area contributed by atoms with E-state index in [-0.39, 0.29) is 11.4 Å². The van der Waals surface area contributed by atoms with Crippen molar-refractivity contribution in [2.24, 2.45) is 0 Å². The predicted octanol–water partition coefficient (Wildman–Crippen LogP) is 3.71. The Morgan fingerprint density at radius 2 is 1.77 bits per heavy atom. The van der Waals surface area contributed by atoms with Crippen LogP contribution in [0, 0.1) is 6.92 Å². The van der Waals surface area contributed by atoms with Crippen molar-refractivity contribution in [2.45, 2.75) is 33.2 Å². The third-order valence-electron chi connectivity index (χ3n) is 2.68. The molecule has 1 amide bonds. The molecular weight excluding hydrogens is 300 g/mol. The summed E-state index contributed by atoms with van der Waals surface area (Å²) in [6, 6.07) is 8.85. The van der Waals surface area contributed by atoms with Crippen LogP contribution in [0.2, 0.25) is 5.02 Å². The lowest BCUT2D eigenvalue weighted by Crippen LogP contribution is -2.41. The standard InChI is InChI=1S/C16H19ClN4O/c1-10-9-13(14(22)21-16(2,3)4)20-15(18-10)19-12-7-5-11(17)6-8-12/h5-9H,1-4H3,(H,21,22)(H,18,19,20). The molecule has 0 spiro atoms. The van der Waals surface area contributed by atoms with Crippen molar-refractivity contribution in [1.82, 2.24) is 15.3 Å². The number of amides is 1. The molecule has 116 valence electrons. The number of anilines is 2. The van der Waals surface area contributed by atoms with Gasteiger partial charge in [-0.3, -0.25) is 4.79 Å². The molecule has 0 aliphatic rings. The Morgan fingerprint density at radius 1 is 1.14 bits per heavy atom. The highest BCUT2D eigenvalue weighted by Gasteiger charge is 2.17. The van der Waals surface area contributed by atoms with Crippen LogP contribution in [0.1, 0.15) is 37.0 Å². The molecule has 2 aromatic rings. The van der Waals surface area contributed by atoms with Gasteiger partial charge in [0.25, 0.3) is 5.91 Å². The number of nitrogens with zero attached hydrogens (tertiary/aromatic N) is 2. The Bertz CT molecular complexity index is 678. The van der Waals surface area contributed by atoms with E-state index < -0.39 is 0 Å². The fourth-order valence-electron chi connectivity index (χ4n) is 1.81. The zero-order valence-electron chi connectivity index (χ0n) is 13.1. The van der Waals surface area contributed by atoms with Gasteiger partial charge in [0.15, 0.2) is 0 Å². The van der Waals surface area contributed by atoms with Crippen LogP contribution < -0.4 is 10.6 Å². The van der Waals surface area contributed by atoms with Gasteiger partial charge in [-0.05, 0) is 58.0 Å². The van der Waals surface area contributed by atoms with Crippen LogP contribution in [0.5, 0.6) is 0 Å². The van der Waals surface area contributed by atoms with Gasteiger partial charge in [0.2, 0.25) is 5.95 Å². The molecule has 2 rings (SSSR count). The number of rotatable bonds is 3. The summed E-state index contributed by atoms with van der Waals surface area (Å²) in [6.45, 7) is 7.59. The molecule has 1 heterocycles. The van der Waals surface area contributed by atoms with E-state index in [2.05, 4.69) is 20.6 Å². The third-order valence-corrected chi connectivity index (χ3v) is 2.93.